The predicted molar refractivity (Wildman–Crippen MR) is 123 cm³/mol. The van der Waals surface area contributed by atoms with Crippen molar-refractivity contribution in [3.05, 3.63) is 53.4 Å². The van der Waals surface area contributed by atoms with E-state index >= 15 is 0 Å². The molecule has 1 heterocycles. The van der Waals surface area contributed by atoms with Crippen LogP contribution in [0.1, 0.15) is 25.7 Å². The molecule has 188 valence electrons. The lowest BCUT2D eigenvalue weighted by atomic mass is 9.91. The van der Waals surface area contributed by atoms with Crippen LogP contribution in [0.25, 0.3) is 10.9 Å². The number of hydrogen-bond donors (Lipinski definition) is 2. The van der Waals surface area contributed by atoms with Gasteiger partial charge in [0.15, 0.2) is 5.75 Å². The van der Waals surface area contributed by atoms with E-state index in [9.17, 15) is 22.0 Å². The SMILES string of the molecule is CN(C)c1nc(N[C@H]2CC[C@@H](NCCOc3c(F)c(F)c(F)c(F)c3F)CC2)nc2ccccc12. The fourth-order valence-electron chi connectivity index (χ4n) is 4.22. The zero-order chi connectivity index (χ0) is 25.1. The molecule has 1 aromatic heterocycles. The highest BCUT2D eigenvalue weighted by atomic mass is 19.2. The number of halogens is 5. The van der Waals surface area contributed by atoms with E-state index in [-0.39, 0.29) is 25.2 Å². The summed E-state index contributed by atoms with van der Waals surface area (Å²) in [6.07, 6.45) is 3.36. The zero-order valence-corrected chi connectivity index (χ0v) is 19.3. The van der Waals surface area contributed by atoms with Gasteiger partial charge in [0.05, 0.1) is 5.52 Å². The van der Waals surface area contributed by atoms with Gasteiger partial charge in [-0.25, -0.2) is 18.2 Å². The van der Waals surface area contributed by atoms with E-state index < -0.39 is 34.8 Å². The van der Waals surface area contributed by atoms with Gasteiger partial charge in [-0.05, 0) is 37.8 Å². The third kappa shape index (κ3) is 5.39. The van der Waals surface area contributed by atoms with Crippen LogP contribution in [0.5, 0.6) is 5.75 Å². The summed E-state index contributed by atoms with van der Waals surface area (Å²) in [6, 6.07) is 8.15. The van der Waals surface area contributed by atoms with Gasteiger partial charge in [-0.2, -0.15) is 13.8 Å². The topological polar surface area (TPSA) is 62.3 Å². The highest BCUT2D eigenvalue weighted by Gasteiger charge is 2.27. The Balaban J connectivity index is 1.27. The molecule has 0 aliphatic heterocycles. The van der Waals surface area contributed by atoms with E-state index in [1.165, 1.54) is 0 Å². The first kappa shape index (κ1) is 24.9. The van der Waals surface area contributed by atoms with Gasteiger partial charge in [0, 0.05) is 38.1 Å². The third-order valence-corrected chi connectivity index (χ3v) is 6.02. The second kappa shape index (κ2) is 10.6. The van der Waals surface area contributed by atoms with Crippen molar-refractivity contribution in [3.63, 3.8) is 0 Å². The Kier molecular flexibility index (Phi) is 7.54. The van der Waals surface area contributed by atoms with Crippen LogP contribution in [-0.2, 0) is 0 Å². The highest BCUT2D eigenvalue weighted by Crippen LogP contribution is 2.29. The van der Waals surface area contributed by atoms with Crippen molar-refractivity contribution >= 4 is 22.7 Å². The van der Waals surface area contributed by atoms with Crippen LogP contribution in [0.15, 0.2) is 24.3 Å². The second-order valence-electron chi connectivity index (χ2n) is 8.68. The van der Waals surface area contributed by atoms with Crippen molar-refractivity contribution < 1.29 is 26.7 Å². The van der Waals surface area contributed by atoms with Crippen LogP contribution in [0.4, 0.5) is 33.7 Å². The first-order valence-corrected chi connectivity index (χ1v) is 11.3. The van der Waals surface area contributed by atoms with Gasteiger partial charge in [0.25, 0.3) is 0 Å². The van der Waals surface area contributed by atoms with Crippen LogP contribution in [0.2, 0.25) is 0 Å². The molecule has 1 saturated carbocycles. The second-order valence-corrected chi connectivity index (χ2v) is 8.68. The molecule has 2 aromatic carbocycles. The molecule has 1 aliphatic rings. The number of benzene rings is 2. The molecule has 4 rings (SSSR count). The molecule has 6 nitrogen and oxygen atoms in total. The Morgan fingerprint density at radius 1 is 0.857 bits per heavy atom. The van der Waals surface area contributed by atoms with Crippen molar-refractivity contribution in [2.24, 2.45) is 0 Å². The van der Waals surface area contributed by atoms with E-state index in [0.29, 0.717) is 5.95 Å². The third-order valence-electron chi connectivity index (χ3n) is 6.02. The van der Waals surface area contributed by atoms with Crippen LogP contribution < -0.4 is 20.3 Å². The molecule has 1 fully saturated rings. The molecular weight excluding hydrogens is 469 g/mol. The van der Waals surface area contributed by atoms with Crippen molar-refractivity contribution in [1.29, 1.82) is 0 Å². The summed E-state index contributed by atoms with van der Waals surface area (Å²) < 4.78 is 71.8. The predicted octanol–water partition coefficient (Wildman–Crippen LogP) is 4.78. The minimum Gasteiger partial charge on any atom is -0.486 e. The number of fused-ring (bicyclic) bond motifs is 1. The fourth-order valence-corrected chi connectivity index (χ4v) is 4.22. The van der Waals surface area contributed by atoms with E-state index in [4.69, 9.17) is 4.74 Å². The number of anilines is 2. The number of ether oxygens (including phenoxy) is 1. The normalized spacial score (nSPS) is 18.0. The summed E-state index contributed by atoms with van der Waals surface area (Å²) in [6.45, 7) is -0.0446. The Morgan fingerprint density at radius 2 is 1.46 bits per heavy atom. The maximum atomic E-state index is 13.7. The molecule has 11 heteroatoms. The lowest BCUT2D eigenvalue weighted by Gasteiger charge is -2.30. The average Bonchev–Trinajstić information content (AvgIpc) is 2.86. The minimum atomic E-state index is -2.21. The largest absolute Gasteiger partial charge is 0.486 e. The Bertz CT molecular complexity index is 1170. The van der Waals surface area contributed by atoms with Crippen molar-refractivity contribution in [1.82, 2.24) is 15.3 Å². The smallest absolute Gasteiger partial charge is 0.225 e. The standard InChI is InChI=1S/C24H26F5N5O/c1-34(2)23-15-5-3-4-6-16(15)32-24(33-23)31-14-9-7-13(8-10-14)30-11-12-35-22-20(28)18(26)17(25)19(27)21(22)29/h3-6,13-14,30H,7-12H2,1-2H3,(H,31,32,33)/t13-,14+. The Hall–Kier alpha value is -3.21. The molecule has 0 unspecified atom stereocenters. The van der Waals surface area contributed by atoms with Crippen LogP contribution >= 0.6 is 0 Å². The van der Waals surface area contributed by atoms with Gasteiger partial charge in [-0.1, -0.05) is 12.1 Å². The molecule has 1 aliphatic carbocycles. The van der Waals surface area contributed by atoms with Gasteiger partial charge < -0.3 is 20.3 Å². The summed E-state index contributed by atoms with van der Waals surface area (Å²) in [4.78, 5) is 11.3. The number of para-hydroxylation sites is 1. The molecule has 35 heavy (non-hydrogen) atoms. The molecular formula is C24H26F5N5O. The molecule has 0 atom stereocenters. The summed E-state index contributed by atoms with van der Waals surface area (Å²) in [7, 11) is 3.87. The number of rotatable bonds is 8. The van der Waals surface area contributed by atoms with Crippen molar-refractivity contribution in [2.75, 3.05) is 37.5 Å². The summed E-state index contributed by atoms with van der Waals surface area (Å²) in [5.41, 5.74) is 0.859. The monoisotopic (exact) mass is 495 g/mol. The fraction of sp³-hybridized carbons (Fsp3) is 0.417. The van der Waals surface area contributed by atoms with Crippen molar-refractivity contribution in [2.45, 2.75) is 37.8 Å². The van der Waals surface area contributed by atoms with Crippen molar-refractivity contribution in [3.8, 4) is 5.75 Å². The number of hydrogen-bond acceptors (Lipinski definition) is 6. The number of nitrogens with zero attached hydrogens (tertiary/aromatic N) is 3. The first-order chi connectivity index (χ1) is 16.8. The maximum Gasteiger partial charge on any atom is 0.225 e. The number of aromatic nitrogens is 2. The van der Waals surface area contributed by atoms with Crippen LogP contribution in [0.3, 0.4) is 0 Å². The van der Waals surface area contributed by atoms with Crippen LogP contribution in [0, 0.1) is 29.1 Å². The summed E-state index contributed by atoms with van der Waals surface area (Å²) in [5.74, 6) is -10.0. The van der Waals surface area contributed by atoms with E-state index in [1.807, 2.05) is 43.3 Å². The lowest BCUT2D eigenvalue weighted by molar-refractivity contribution is 0.250. The van der Waals surface area contributed by atoms with Gasteiger partial charge in [0.1, 0.15) is 12.4 Å². The van der Waals surface area contributed by atoms with Gasteiger partial charge in [-0.15, -0.1) is 0 Å². The zero-order valence-electron chi connectivity index (χ0n) is 19.3. The average molecular weight is 495 g/mol. The Labute approximate surface area is 199 Å². The van der Waals surface area contributed by atoms with Crippen LogP contribution in [-0.4, -0.2) is 49.3 Å². The maximum absolute atomic E-state index is 13.7. The molecule has 2 N–H and O–H groups in total. The molecule has 0 saturated heterocycles. The minimum absolute atomic E-state index is 0.142. The van der Waals surface area contributed by atoms with Gasteiger partial charge in [0.2, 0.25) is 35.0 Å². The van der Waals surface area contributed by atoms with Gasteiger partial charge >= 0.3 is 0 Å². The quantitative estimate of drug-likeness (QED) is 0.203. The molecule has 0 spiro atoms. The van der Waals surface area contributed by atoms with Gasteiger partial charge in [-0.3, -0.25) is 0 Å². The number of nitrogens with one attached hydrogen (secondary N) is 2. The molecule has 3 aromatic rings. The summed E-state index contributed by atoms with van der Waals surface area (Å²) in [5, 5.41) is 7.60. The summed E-state index contributed by atoms with van der Waals surface area (Å²) >= 11 is 0. The Morgan fingerprint density at radius 3 is 2.11 bits per heavy atom. The first-order valence-electron chi connectivity index (χ1n) is 11.3. The molecule has 0 amide bonds. The van der Waals surface area contributed by atoms with E-state index in [0.717, 1.165) is 42.4 Å². The molecule has 0 radical (unpaired) electrons. The highest BCUT2D eigenvalue weighted by molar-refractivity contribution is 5.90. The lowest BCUT2D eigenvalue weighted by Crippen LogP contribution is -2.39. The molecule has 0 bridgehead atoms. The van der Waals surface area contributed by atoms with E-state index in [2.05, 4.69) is 20.6 Å². The van der Waals surface area contributed by atoms with E-state index in [1.54, 1.807) is 0 Å².